The van der Waals surface area contributed by atoms with Gasteiger partial charge in [0.2, 0.25) is 17.6 Å². The fourth-order valence-corrected chi connectivity index (χ4v) is 4.85. The average molecular weight is 533 g/mol. The molecule has 0 radical (unpaired) electrons. The molecule has 4 N–H and O–H groups in total. The second-order valence-corrected chi connectivity index (χ2v) is 11.3. The predicted molar refractivity (Wildman–Crippen MR) is 149 cm³/mol. The number of nitrogens with zero attached hydrogens (tertiary/aromatic N) is 4. The van der Waals surface area contributed by atoms with Crippen LogP contribution < -0.4 is 20.9 Å². The third-order valence-corrected chi connectivity index (χ3v) is 6.58. The molecule has 0 saturated heterocycles. The van der Waals surface area contributed by atoms with Gasteiger partial charge in [-0.1, -0.05) is 38.1 Å². The highest BCUT2D eigenvalue weighted by Crippen LogP contribution is 2.39. The first kappa shape index (κ1) is 27.7. The van der Waals surface area contributed by atoms with Gasteiger partial charge in [-0.2, -0.15) is 5.21 Å². The standard InChI is InChI=1S/C28H36N8O3/c1-16(2)21-14-22(30-27(39)29-19-9-7-8-18(13-19)25-32-34-35-33-25)26(38)36(15-24(37)31-28(4,5)6)23-12-17(3)10-11-20(21)23/h7-13,16,21-22H,14-15H2,1-6H3,(H,31,37)(H2,29,30,39)(H,32,33,34,35)/t21-,22-/m1/s1. The molecule has 2 atom stereocenters. The number of carbonyl (C=O) groups is 3. The smallest absolute Gasteiger partial charge is 0.319 e. The lowest BCUT2D eigenvalue weighted by Gasteiger charge is -2.28. The Kier molecular flexibility index (Phi) is 7.98. The van der Waals surface area contributed by atoms with Crippen molar-refractivity contribution in [2.45, 2.75) is 65.5 Å². The number of nitrogens with one attached hydrogen (secondary N) is 4. The molecule has 2 aromatic carbocycles. The molecule has 4 amide bonds. The van der Waals surface area contributed by atoms with Crippen molar-refractivity contribution in [2.75, 3.05) is 16.8 Å². The lowest BCUT2D eigenvalue weighted by atomic mass is 9.83. The number of urea groups is 1. The molecule has 1 aliphatic heterocycles. The number of aromatic amines is 1. The van der Waals surface area contributed by atoms with Gasteiger partial charge in [0.05, 0.1) is 0 Å². The van der Waals surface area contributed by atoms with Gasteiger partial charge in [0, 0.05) is 22.5 Å². The third kappa shape index (κ3) is 6.78. The summed E-state index contributed by atoms with van der Waals surface area (Å²) in [5.74, 6) is -0.0127. The Balaban J connectivity index is 1.61. The number of H-pyrrole nitrogens is 1. The minimum absolute atomic E-state index is 0.00732. The molecule has 1 aliphatic rings. The summed E-state index contributed by atoms with van der Waals surface area (Å²) in [5, 5.41) is 22.5. The summed E-state index contributed by atoms with van der Waals surface area (Å²) >= 11 is 0. The highest BCUT2D eigenvalue weighted by Gasteiger charge is 2.38. The van der Waals surface area contributed by atoms with Gasteiger partial charge in [0.1, 0.15) is 12.6 Å². The van der Waals surface area contributed by atoms with Crippen LogP contribution in [0.1, 0.15) is 58.1 Å². The van der Waals surface area contributed by atoms with Crippen molar-refractivity contribution in [3.05, 3.63) is 53.6 Å². The molecule has 0 saturated carbocycles. The van der Waals surface area contributed by atoms with Crippen LogP contribution >= 0.6 is 0 Å². The summed E-state index contributed by atoms with van der Waals surface area (Å²) in [6.45, 7) is 11.7. The zero-order chi connectivity index (χ0) is 28.3. The van der Waals surface area contributed by atoms with E-state index in [1.807, 2.05) is 45.9 Å². The number of tetrazole rings is 1. The van der Waals surface area contributed by atoms with Crippen LogP contribution in [0.2, 0.25) is 0 Å². The van der Waals surface area contributed by atoms with Crippen LogP contribution in [0.4, 0.5) is 16.2 Å². The maximum absolute atomic E-state index is 14.0. The molecule has 4 rings (SSSR count). The van der Waals surface area contributed by atoms with Crippen molar-refractivity contribution in [1.29, 1.82) is 0 Å². The second kappa shape index (κ2) is 11.2. The molecule has 0 bridgehead atoms. The number of benzene rings is 2. The number of fused-ring (bicyclic) bond motifs is 1. The maximum Gasteiger partial charge on any atom is 0.319 e. The van der Waals surface area contributed by atoms with Crippen molar-refractivity contribution in [2.24, 2.45) is 5.92 Å². The van der Waals surface area contributed by atoms with Crippen LogP contribution in [-0.4, -0.2) is 56.6 Å². The fraction of sp³-hybridized carbons (Fsp3) is 0.429. The van der Waals surface area contributed by atoms with E-state index in [0.717, 1.165) is 11.1 Å². The first-order valence-electron chi connectivity index (χ1n) is 13.1. The zero-order valence-electron chi connectivity index (χ0n) is 23.2. The first-order valence-corrected chi connectivity index (χ1v) is 13.1. The molecule has 0 aliphatic carbocycles. The summed E-state index contributed by atoms with van der Waals surface area (Å²) in [6.07, 6.45) is 0.403. The third-order valence-electron chi connectivity index (χ3n) is 6.58. The van der Waals surface area contributed by atoms with Gasteiger partial charge in [-0.3, -0.25) is 9.59 Å². The summed E-state index contributed by atoms with van der Waals surface area (Å²) in [4.78, 5) is 41.6. The van der Waals surface area contributed by atoms with Crippen LogP contribution in [0.3, 0.4) is 0 Å². The van der Waals surface area contributed by atoms with Crippen LogP contribution in [0, 0.1) is 12.8 Å². The van der Waals surface area contributed by atoms with E-state index in [2.05, 4.69) is 50.4 Å². The average Bonchev–Trinajstić information content (AvgIpc) is 3.36. The molecule has 0 unspecified atom stereocenters. The predicted octanol–water partition coefficient (Wildman–Crippen LogP) is 3.76. The van der Waals surface area contributed by atoms with E-state index in [1.54, 1.807) is 24.3 Å². The van der Waals surface area contributed by atoms with Gasteiger partial charge in [-0.25, -0.2) is 4.79 Å². The van der Waals surface area contributed by atoms with Gasteiger partial charge in [0.25, 0.3) is 0 Å². The Hall–Kier alpha value is -4.28. The molecule has 39 heavy (non-hydrogen) atoms. The van der Waals surface area contributed by atoms with E-state index in [4.69, 9.17) is 0 Å². The highest BCUT2D eigenvalue weighted by atomic mass is 16.2. The Morgan fingerprint density at radius 2 is 1.92 bits per heavy atom. The second-order valence-electron chi connectivity index (χ2n) is 11.3. The molecule has 2 heterocycles. The Bertz CT molecular complexity index is 1350. The lowest BCUT2D eigenvalue weighted by Crippen LogP contribution is -2.53. The number of anilines is 2. The van der Waals surface area contributed by atoms with E-state index >= 15 is 0 Å². The van der Waals surface area contributed by atoms with E-state index in [-0.39, 0.29) is 30.2 Å². The quantitative estimate of drug-likeness (QED) is 0.380. The van der Waals surface area contributed by atoms with Crippen molar-refractivity contribution in [3.63, 3.8) is 0 Å². The van der Waals surface area contributed by atoms with Crippen molar-refractivity contribution < 1.29 is 14.4 Å². The number of aryl methyl sites for hydroxylation is 1. The number of carbonyl (C=O) groups excluding carboxylic acids is 3. The summed E-state index contributed by atoms with van der Waals surface area (Å²) < 4.78 is 0. The Labute approximate surface area is 228 Å². The lowest BCUT2D eigenvalue weighted by molar-refractivity contribution is -0.125. The van der Waals surface area contributed by atoms with Gasteiger partial charge in [-0.15, -0.1) is 10.2 Å². The normalized spacial score (nSPS) is 17.4. The summed E-state index contributed by atoms with van der Waals surface area (Å²) in [6, 6.07) is 11.6. The van der Waals surface area contributed by atoms with E-state index < -0.39 is 17.6 Å². The molecule has 1 aromatic heterocycles. The van der Waals surface area contributed by atoms with Gasteiger partial charge in [-0.05, 0) is 80.5 Å². The molecule has 0 fully saturated rings. The van der Waals surface area contributed by atoms with Crippen molar-refractivity contribution in [3.8, 4) is 11.4 Å². The van der Waals surface area contributed by atoms with Gasteiger partial charge in [0.15, 0.2) is 0 Å². The van der Waals surface area contributed by atoms with E-state index in [9.17, 15) is 14.4 Å². The number of rotatable bonds is 6. The topological polar surface area (TPSA) is 145 Å². The van der Waals surface area contributed by atoms with Crippen LogP contribution in [-0.2, 0) is 9.59 Å². The number of aromatic nitrogens is 4. The molecule has 0 spiro atoms. The molecule has 11 nitrogen and oxygen atoms in total. The number of amides is 4. The maximum atomic E-state index is 14.0. The molecule has 11 heteroatoms. The minimum atomic E-state index is -0.840. The summed E-state index contributed by atoms with van der Waals surface area (Å²) in [5.41, 5.74) is 3.42. The highest BCUT2D eigenvalue weighted by molar-refractivity contribution is 6.05. The number of hydrogen-bond donors (Lipinski definition) is 4. The molecular weight excluding hydrogens is 496 g/mol. The van der Waals surface area contributed by atoms with E-state index in [0.29, 0.717) is 29.2 Å². The minimum Gasteiger partial charge on any atom is -0.350 e. The van der Waals surface area contributed by atoms with Crippen molar-refractivity contribution >= 4 is 29.2 Å². The van der Waals surface area contributed by atoms with Crippen molar-refractivity contribution in [1.82, 2.24) is 31.3 Å². The zero-order valence-corrected chi connectivity index (χ0v) is 23.2. The van der Waals surface area contributed by atoms with Gasteiger partial charge >= 0.3 is 6.03 Å². The van der Waals surface area contributed by atoms with Crippen LogP contribution in [0.25, 0.3) is 11.4 Å². The first-order chi connectivity index (χ1) is 18.4. The van der Waals surface area contributed by atoms with E-state index in [1.165, 1.54) is 4.90 Å². The monoisotopic (exact) mass is 532 g/mol. The number of hydrogen-bond acceptors (Lipinski definition) is 6. The van der Waals surface area contributed by atoms with Crippen LogP contribution in [0.5, 0.6) is 0 Å². The molecular formula is C28H36N8O3. The Morgan fingerprint density at radius 1 is 1.15 bits per heavy atom. The van der Waals surface area contributed by atoms with Gasteiger partial charge < -0.3 is 20.9 Å². The molecule has 3 aromatic rings. The molecule has 206 valence electrons. The fourth-order valence-electron chi connectivity index (χ4n) is 4.85. The summed E-state index contributed by atoms with van der Waals surface area (Å²) in [7, 11) is 0. The Morgan fingerprint density at radius 3 is 2.59 bits per heavy atom. The SMILES string of the molecule is Cc1ccc2c(c1)N(CC(=O)NC(C)(C)C)C(=O)[C@H](NC(=O)Nc1cccc(-c3nn[nH]n3)c1)C[C@@H]2C(C)C. The largest absolute Gasteiger partial charge is 0.350 e. The van der Waals surface area contributed by atoms with Crippen LogP contribution in [0.15, 0.2) is 42.5 Å².